The van der Waals surface area contributed by atoms with E-state index >= 15 is 0 Å². The molecule has 0 aromatic heterocycles. The fourth-order valence-corrected chi connectivity index (χ4v) is 5.38. The molecular weight excluding hydrogens is 482 g/mol. The average Bonchev–Trinajstić information content (AvgIpc) is 2.85. The summed E-state index contributed by atoms with van der Waals surface area (Å²) in [4.78, 5) is 25.7. The van der Waals surface area contributed by atoms with Gasteiger partial charge in [0.15, 0.2) is 5.78 Å². The van der Waals surface area contributed by atoms with Crippen molar-refractivity contribution in [2.24, 2.45) is 0 Å². The van der Waals surface area contributed by atoms with Gasteiger partial charge in [-0.3, -0.25) is 9.59 Å². The van der Waals surface area contributed by atoms with Crippen LogP contribution >= 0.6 is 23.4 Å². The maximum absolute atomic E-state index is 12.9. The SMILES string of the molecule is CCOc1ccc([C@@H]2C(C#N)=C(SCC(=O)Nc3cc(Cl)ccc3C)NC3=C2C(=O)CCC3)cc1. The molecule has 0 fully saturated rings. The van der Waals surface area contributed by atoms with E-state index in [-0.39, 0.29) is 17.4 Å². The van der Waals surface area contributed by atoms with Gasteiger partial charge in [-0.15, -0.1) is 0 Å². The Labute approximate surface area is 214 Å². The van der Waals surface area contributed by atoms with E-state index in [0.717, 1.165) is 35.4 Å². The third-order valence-corrected chi connectivity index (χ3v) is 7.26. The van der Waals surface area contributed by atoms with E-state index in [1.807, 2.05) is 44.2 Å². The van der Waals surface area contributed by atoms with Gasteiger partial charge in [0.1, 0.15) is 5.75 Å². The Morgan fingerprint density at radius 1 is 1.26 bits per heavy atom. The lowest BCUT2D eigenvalue weighted by molar-refractivity contribution is -0.116. The molecule has 2 aliphatic rings. The topological polar surface area (TPSA) is 91.2 Å². The summed E-state index contributed by atoms with van der Waals surface area (Å²) in [5.41, 5.74) is 4.36. The Morgan fingerprint density at radius 3 is 2.74 bits per heavy atom. The monoisotopic (exact) mass is 507 g/mol. The predicted octanol–water partition coefficient (Wildman–Crippen LogP) is 5.85. The number of amides is 1. The second-order valence-corrected chi connectivity index (χ2v) is 9.80. The van der Waals surface area contributed by atoms with Crippen LogP contribution in [-0.2, 0) is 9.59 Å². The Balaban J connectivity index is 1.61. The van der Waals surface area contributed by atoms with Gasteiger partial charge in [0.25, 0.3) is 0 Å². The number of benzene rings is 2. The number of anilines is 1. The minimum atomic E-state index is -0.472. The summed E-state index contributed by atoms with van der Waals surface area (Å²) in [5, 5.41) is 17.5. The standard InChI is InChI=1S/C27H26ClN3O3S/c1-3-34-19-11-8-17(9-12-19)25-20(14-29)27(31-21-5-4-6-23(32)26(21)25)35-15-24(33)30-22-13-18(28)10-7-16(22)2/h7-13,25,31H,3-6,15H2,1-2H3,(H,30,33)/t25-/m1/s1. The second kappa shape index (κ2) is 11.0. The molecule has 35 heavy (non-hydrogen) atoms. The number of nitrogens with zero attached hydrogens (tertiary/aromatic N) is 1. The zero-order valence-electron chi connectivity index (χ0n) is 19.6. The van der Waals surface area contributed by atoms with Crippen molar-refractivity contribution in [2.75, 3.05) is 17.7 Å². The Kier molecular flexibility index (Phi) is 7.84. The lowest BCUT2D eigenvalue weighted by Gasteiger charge is -2.33. The van der Waals surface area contributed by atoms with Crippen LogP contribution in [0.2, 0.25) is 5.02 Å². The van der Waals surface area contributed by atoms with Crippen LogP contribution in [0.5, 0.6) is 5.75 Å². The average molecular weight is 508 g/mol. The van der Waals surface area contributed by atoms with Crippen molar-refractivity contribution in [1.29, 1.82) is 5.26 Å². The molecule has 2 N–H and O–H groups in total. The number of carbonyl (C=O) groups excluding carboxylic acids is 2. The van der Waals surface area contributed by atoms with E-state index in [9.17, 15) is 14.9 Å². The van der Waals surface area contributed by atoms with Gasteiger partial charge < -0.3 is 15.4 Å². The molecule has 0 unspecified atom stereocenters. The Bertz CT molecular complexity index is 1260. The van der Waals surface area contributed by atoms with Gasteiger partial charge in [0.2, 0.25) is 5.91 Å². The van der Waals surface area contributed by atoms with Crippen LogP contribution in [0.1, 0.15) is 43.2 Å². The molecular formula is C27H26ClN3O3S. The van der Waals surface area contributed by atoms with Gasteiger partial charge in [-0.1, -0.05) is 41.6 Å². The zero-order valence-corrected chi connectivity index (χ0v) is 21.2. The summed E-state index contributed by atoms with van der Waals surface area (Å²) in [6.07, 6.45) is 1.96. The lowest BCUT2D eigenvalue weighted by Crippen LogP contribution is -2.31. The summed E-state index contributed by atoms with van der Waals surface area (Å²) >= 11 is 7.33. The molecule has 2 aromatic carbocycles. The number of allylic oxidation sites excluding steroid dienone is 3. The number of aryl methyl sites for hydroxylation is 1. The Morgan fingerprint density at radius 2 is 2.03 bits per heavy atom. The molecule has 2 aromatic rings. The van der Waals surface area contributed by atoms with Gasteiger partial charge in [-0.2, -0.15) is 5.26 Å². The fourth-order valence-electron chi connectivity index (χ4n) is 4.35. The van der Waals surface area contributed by atoms with Gasteiger partial charge in [0.05, 0.1) is 34.9 Å². The zero-order chi connectivity index (χ0) is 24.9. The molecule has 180 valence electrons. The normalized spacial score (nSPS) is 17.4. The van der Waals surface area contributed by atoms with Crippen molar-refractivity contribution in [3.05, 3.63) is 80.5 Å². The van der Waals surface area contributed by atoms with Crippen LogP contribution in [0.25, 0.3) is 0 Å². The summed E-state index contributed by atoms with van der Waals surface area (Å²) in [5.74, 6) is 0.221. The van der Waals surface area contributed by atoms with Crippen LogP contribution < -0.4 is 15.4 Å². The third-order valence-electron chi connectivity index (χ3n) is 6.01. The molecule has 0 spiro atoms. The maximum Gasteiger partial charge on any atom is 0.234 e. The van der Waals surface area contributed by atoms with E-state index in [0.29, 0.717) is 39.9 Å². The molecule has 0 radical (unpaired) electrons. The van der Waals surface area contributed by atoms with Crippen molar-refractivity contribution < 1.29 is 14.3 Å². The van der Waals surface area contributed by atoms with Gasteiger partial charge in [-0.25, -0.2) is 0 Å². The number of nitriles is 1. The molecule has 0 saturated heterocycles. The van der Waals surface area contributed by atoms with E-state index in [1.165, 1.54) is 11.8 Å². The molecule has 4 rings (SSSR count). The van der Waals surface area contributed by atoms with Crippen molar-refractivity contribution in [2.45, 2.75) is 39.0 Å². The lowest BCUT2D eigenvalue weighted by atomic mass is 9.77. The molecule has 6 nitrogen and oxygen atoms in total. The number of carbonyl (C=O) groups is 2. The van der Waals surface area contributed by atoms with E-state index < -0.39 is 5.92 Å². The number of hydrogen-bond acceptors (Lipinski definition) is 6. The van der Waals surface area contributed by atoms with Crippen LogP contribution in [0.15, 0.2) is 64.3 Å². The first kappa shape index (κ1) is 24.9. The van der Waals surface area contributed by atoms with Crippen LogP contribution in [0.3, 0.4) is 0 Å². The summed E-state index contributed by atoms with van der Waals surface area (Å²) in [6.45, 7) is 4.37. The molecule has 1 heterocycles. The number of nitrogens with one attached hydrogen (secondary N) is 2. The van der Waals surface area contributed by atoms with E-state index in [2.05, 4.69) is 16.7 Å². The first-order chi connectivity index (χ1) is 16.9. The second-order valence-electron chi connectivity index (χ2n) is 8.38. The number of hydrogen-bond donors (Lipinski definition) is 2. The summed E-state index contributed by atoms with van der Waals surface area (Å²) in [7, 11) is 0. The molecule has 1 amide bonds. The Hall–Kier alpha value is -3.21. The minimum Gasteiger partial charge on any atom is -0.494 e. The number of ether oxygens (including phenoxy) is 1. The van der Waals surface area contributed by atoms with Gasteiger partial charge in [0, 0.05) is 28.4 Å². The number of Topliss-reactive ketones (excluding diaryl/α,β-unsaturated/α-hetero) is 1. The largest absolute Gasteiger partial charge is 0.494 e. The van der Waals surface area contributed by atoms with Crippen LogP contribution in [-0.4, -0.2) is 24.1 Å². The van der Waals surface area contributed by atoms with Crippen molar-refractivity contribution in [1.82, 2.24) is 5.32 Å². The highest BCUT2D eigenvalue weighted by Crippen LogP contribution is 2.44. The number of dihydropyridines is 1. The maximum atomic E-state index is 12.9. The highest BCUT2D eigenvalue weighted by Gasteiger charge is 2.37. The summed E-state index contributed by atoms with van der Waals surface area (Å²) in [6, 6.07) is 15.2. The third kappa shape index (κ3) is 5.55. The molecule has 1 aliphatic heterocycles. The van der Waals surface area contributed by atoms with E-state index in [1.54, 1.807) is 12.1 Å². The highest BCUT2D eigenvalue weighted by molar-refractivity contribution is 8.03. The van der Waals surface area contributed by atoms with Crippen LogP contribution in [0, 0.1) is 18.3 Å². The molecule has 8 heteroatoms. The molecule has 0 bridgehead atoms. The highest BCUT2D eigenvalue weighted by atomic mass is 35.5. The molecule has 1 aliphatic carbocycles. The number of thioether (sulfide) groups is 1. The van der Waals surface area contributed by atoms with E-state index in [4.69, 9.17) is 16.3 Å². The van der Waals surface area contributed by atoms with Gasteiger partial charge in [-0.05, 0) is 62.1 Å². The molecule has 0 saturated carbocycles. The van der Waals surface area contributed by atoms with Crippen molar-refractivity contribution in [3.63, 3.8) is 0 Å². The van der Waals surface area contributed by atoms with Gasteiger partial charge >= 0.3 is 0 Å². The van der Waals surface area contributed by atoms with Crippen LogP contribution in [0.4, 0.5) is 5.69 Å². The first-order valence-electron chi connectivity index (χ1n) is 11.5. The summed E-state index contributed by atoms with van der Waals surface area (Å²) < 4.78 is 5.55. The number of ketones is 1. The van der Waals surface area contributed by atoms with Crippen molar-refractivity contribution >= 4 is 40.7 Å². The number of rotatable bonds is 7. The van der Waals surface area contributed by atoms with Crippen molar-refractivity contribution in [3.8, 4) is 11.8 Å². The molecule has 1 atom stereocenters. The smallest absolute Gasteiger partial charge is 0.234 e. The number of halogens is 1. The minimum absolute atomic E-state index is 0.0589. The predicted molar refractivity (Wildman–Crippen MR) is 139 cm³/mol. The quantitative estimate of drug-likeness (QED) is 0.488. The fraction of sp³-hybridized carbons (Fsp3) is 0.296. The first-order valence-corrected chi connectivity index (χ1v) is 12.9.